The summed E-state index contributed by atoms with van der Waals surface area (Å²) in [5.74, 6) is 1.62. The number of hydrogen-bond donors (Lipinski definition) is 3. The molecule has 1 aliphatic rings. The highest BCUT2D eigenvalue weighted by Gasteiger charge is 2.24. The van der Waals surface area contributed by atoms with Crippen LogP contribution in [0.25, 0.3) is 22.0 Å². The first kappa shape index (κ1) is 21.1. The molecule has 0 radical (unpaired) electrons. The van der Waals surface area contributed by atoms with Gasteiger partial charge in [-0.25, -0.2) is 14.2 Å². The Morgan fingerprint density at radius 1 is 1.24 bits per heavy atom. The van der Waals surface area contributed by atoms with Crippen molar-refractivity contribution in [2.24, 2.45) is 5.92 Å². The number of carboxylic acid groups (broad SMARTS) is 1. The number of hydrogen-bond acceptors (Lipinski definition) is 8. The molecule has 1 saturated heterocycles. The average Bonchev–Trinajstić information content (AvgIpc) is 3.46. The van der Waals surface area contributed by atoms with E-state index in [0.29, 0.717) is 40.7 Å². The summed E-state index contributed by atoms with van der Waals surface area (Å²) >= 11 is 0. The molecule has 0 spiro atoms. The lowest BCUT2D eigenvalue weighted by Crippen LogP contribution is -2.38. The van der Waals surface area contributed by atoms with Gasteiger partial charge in [-0.3, -0.25) is 0 Å². The maximum atomic E-state index is 12.3. The summed E-state index contributed by atoms with van der Waals surface area (Å²) in [6.07, 6.45) is 3.91. The van der Waals surface area contributed by atoms with Crippen molar-refractivity contribution < 1.29 is 18.7 Å². The highest BCUT2D eigenvalue weighted by Crippen LogP contribution is 2.31. The number of benzene rings is 1. The van der Waals surface area contributed by atoms with Crippen LogP contribution in [0, 0.1) is 5.92 Å². The summed E-state index contributed by atoms with van der Waals surface area (Å²) in [4.78, 5) is 22.9. The molecule has 0 bridgehead atoms. The van der Waals surface area contributed by atoms with E-state index < -0.39 is 6.09 Å². The topological polar surface area (TPSA) is 121 Å². The van der Waals surface area contributed by atoms with E-state index in [-0.39, 0.29) is 6.67 Å². The lowest BCUT2D eigenvalue weighted by Gasteiger charge is -2.32. The van der Waals surface area contributed by atoms with Crippen molar-refractivity contribution in [1.29, 1.82) is 0 Å². The first-order valence-electron chi connectivity index (χ1n) is 10.9. The highest BCUT2D eigenvalue weighted by atomic mass is 19.1. The van der Waals surface area contributed by atoms with E-state index in [1.54, 1.807) is 24.5 Å². The van der Waals surface area contributed by atoms with Gasteiger partial charge in [-0.1, -0.05) is 0 Å². The lowest BCUT2D eigenvalue weighted by atomic mass is 9.97. The average molecular weight is 453 g/mol. The van der Waals surface area contributed by atoms with Crippen LogP contribution in [0.15, 0.2) is 41.1 Å². The van der Waals surface area contributed by atoms with Gasteiger partial charge in [-0.15, -0.1) is 0 Å². The van der Waals surface area contributed by atoms with Gasteiger partial charge in [0, 0.05) is 36.8 Å². The Hall–Kier alpha value is -3.73. The van der Waals surface area contributed by atoms with Crippen LogP contribution in [-0.2, 0) is 0 Å². The number of halogens is 1. The zero-order valence-electron chi connectivity index (χ0n) is 17.9. The molecule has 0 unspecified atom stereocenters. The van der Waals surface area contributed by atoms with Crippen molar-refractivity contribution in [1.82, 2.24) is 25.1 Å². The van der Waals surface area contributed by atoms with Crippen molar-refractivity contribution >= 4 is 45.5 Å². The van der Waals surface area contributed by atoms with Crippen LogP contribution in [0.5, 0.6) is 0 Å². The second-order valence-corrected chi connectivity index (χ2v) is 8.07. The first-order valence-corrected chi connectivity index (χ1v) is 10.9. The zero-order chi connectivity index (χ0) is 22.8. The van der Waals surface area contributed by atoms with Crippen LogP contribution in [0.4, 0.5) is 26.6 Å². The Morgan fingerprint density at radius 2 is 2.09 bits per heavy atom. The Kier molecular flexibility index (Phi) is 5.78. The number of furan rings is 1. The minimum Gasteiger partial charge on any atom is -0.463 e. The molecule has 5 rings (SSSR count). The lowest BCUT2D eigenvalue weighted by molar-refractivity contribution is 0.194. The molecule has 1 fully saturated rings. The van der Waals surface area contributed by atoms with Crippen LogP contribution >= 0.6 is 0 Å². The van der Waals surface area contributed by atoms with Crippen LogP contribution in [0.2, 0.25) is 0 Å². The number of alkyl halides is 1. The molecule has 172 valence electrons. The molecule has 3 aromatic heterocycles. The number of aromatic nitrogens is 4. The van der Waals surface area contributed by atoms with Crippen LogP contribution in [0.1, 0.15) is 12.8 Å². The third-order valence-electron chi connectivity index (χ3n) is 5.91. The molecule has 0 aliphatic carbocycles. The molecular weight excluding hydrogens is 429 g/mol. The van der Waals surface area contributed by atoms with E-state index in [2.05, 4.69) is 25.6 Å². The second kappa shape index (κ2) is 9.02. The Balaban J connectivity index is 1.38. The predicted molar refractivity (Wildman–Crippen MR) is 122 cm³/mol. The first-order chi connectivity index (χ1) is 16.1. The summed E-state index contributed by atoms with van der Waals surface area (Å²) in [7, 11) is 0. The third kappa shape index (κ3) is 4.31. The predicted octanol–water partition coefficient (Wildman–Crippen LogP) is 3.62. The molecular formula is C22H24FN7O3. The van der Waals surface area contributed by atoms with E-state index in [1.807, 2.05) is 6.07 Å². The summed E-state index contributed by atoms with van der Waals surface area (Å²) < 4.78 is 18.9. The largest absolute Gasteiger partial charge is 0.463 e. The van der Waals surface area contributed by atoms with Gasteiger partial charge in [-0.2, -0.15) is 14.8 Å². The minimum absolute atomic E-state index is 0.350. The van der Waals surface area contributed by atoms with E-state index in [0.717, 1.165) is 48.4 Å². The number of carbonyl (C=O) groups is 1. The van der Waals surface area contributed by atoms with Crippen LogP contribution < -0.4 is 15.5 Å². The normalized spacial score (nSPS) is 14.9. The fraction of sp³-hybridized carbons (Fsp3) is 0.364. The number of fused-ring (bicyclic) bond motifs is 2. The monoisotopic (exact) mass is 453 g/mol. The van der Waals surface area contributed by atoms with Crippen molar-refractivity contribution in [2.45, 2.75) is 12.8 Å². The summed E-state index contributed by atoms with van der Waals surface area (Å²) in [6.45, 7) is 2.50. The fourth-order valence-corrected chi connectivity index (χ4v) is 4.22. The smallest absolute Gasteiger partial charge is 0.432 e. The molecule has 1 aliphatic heterocycles. The van der Waals surface area contributed by atoms with E-state index in [4.69, 9.17) is 9.40 Å². The van der Waals surface area contributed by atoms with Gasteiger partial charge in [-0.05, 0) is 43.5 Å². The molecule has 1 aromatic carbocycles. The van der Waals surface area contributed by atoms with Crippen LogP contribution in [-0.4, -0.2) is 63.8 Å². The number of nitrogens with one attached hydrogen (secondary N) is 2. The van der Waals surface area contributed by atoms with E-state index in [9.17, 15) is 14.3 Å². The Morgan fingerprint density at radius 3 is 2.88 bits per heavy atom. The minimum atomic E-state index is -1.15. The summed E-state index contributed by atoms with van der Waals surface area (Å²) in [5, 5.41) is 20.3. The zero-order valence-corrected chi connectivity index (χ0v) is 17.9. The van der Waals surface area contributed by atoms with Gasteiger partial charge in [0.05, 0.1) is 18.0 Å². The van der Waals surface area contributed by atoms with Crippen molar-refractivity contribution in [3.05, 3.63) is 36.7 Å². The fourth-order valence-electron chi connectivity index (χ4n) is 4.22. The summed E-state index contributed by atoms with van der Waals surface area (Å²) in [5.41, 5.74) is 2.44. The van der Waals surface area contributed by atoms with Gasteiger partial charge >= 0.3 is 6.09 Å². The van der Waals surface area contributed by atoms with E-state index in [1.165, 1.54) is 6.20 Å². The quantitative estimate of drug-likeness (QED) is 0.360. The second-order valence-electron chi connectivity index (χ2n) is 8.07. The SMILES string of the molecule is O=C(O)n1ncc2ccc(Nc3nc(N4CCC(CNCCF)CC4)c4occc4n3)cc21. The Bertz CT molecular complexity index is 1280. The molecule has 33 heavy (non-hydrogen) atoms. The molecule has 0 amide bonds. The number of nitrogens with zero attached hydrogens (tertiary/aromatic N) is 5. The van der Waals surface area contributed by atoms with Crippen molar-refractivity contribution in [3.8, 4) is 0 Å². The van der Waals surface area contributed by atoms with Gasteiger partial charge in [0.15, 0.2) is 11.4 Å². The molecule has 10 nitrogen and oxygen atoms in total. The number of anilines is 3. The number of piperidine rings is 1. The molecule has 3 N–H and O–H groups in total. The van der Waals surface area contributed by atoms with Gasteiger partial charge in [0.1, 0.15) is 12.2 Å². The molecule has 11 heteroatoms. The van der Waals surface area contributed by atoms with Crippen molar-refractivity contribution in [3.63, 3.8) is 0 Å². The standard InChI is InChI=1S/C22H24FN7O3/c23-6-7-24-12-14-3-8-29(9-4-14)20-19-17(5-10-33-19)27-21(28-20)26-16-2-1-15-13-25-30(22(31)32)18(15)11-16/h1-2,5,10-11,13-14,24H,3-4,6-9,12H2,(H,31,32)(H,26,27,28). The molecule has 4 heterocycles. The maximum absolute atomic E-state index is 12.3. The third-order valence-corrected chi connectivity index (χ3v) is 5.91. The molecule has 0 atom stereocenters. The van der Waals surface area contributed by atoms with Gasteiger partial charge in [0.25, 0.3) is 0 Å². The maximum Gasteiger partial charge on any atom is 0.432 e. The number of rotatable bonds is 7. The van der Waals surface area contributed by atoms with Gasteiger partial charge < -0.3 is 25.1 Å². The summed E-state index contributed by atoms with van der Waals surface area (Å²) in [6, 6.07) is 7.12. The van der Waals surface area contributed by atoms with Gasteiger partial charge in [0.2, 0.25) is 5.95 Å². The molecule has 4 aromatic rings. The Labute approximate surface area is 188 Å². The van der Waals surface area contributed by atoms with Crippen molar-refractivity contribution in [2.75, 3.05) is 43.1 Å². The van der Waals surface area contributed by atoms with E-state index >= 15 is 0 Å². The van der Waals surface area contributed by atoms with Crippen LogP contribution in [0.3, 0.4) is 0 Å². The highest BCUT2D eigenvalue weighted by molar-refractivity contribution is 5.90. The molecule has 0 saturated carbocycles.